The van der Waals surface area contributed by atoms with Crippen LogP contribution in [0.2, 0.25) is 0 Å². The highest BCUT2D eigenvalue weighted by Gasteiger charge is 2.10. The van der Waals surface area contributed by atoms with Crippen LogP contribution in [0, 0.1) is 0 Å². The molecule has 5 nitrogen and oxygen atoms in total. The van der Waals surface area contributed by atoms with Gasteiger partial charge in [0.05, 0.1) is 7.11 Å². The number of fused-ring (bicyclic) bond motifs is 1. The zero-order valence-electron chi connectivity index (χ0n) is 12.2. The average molecular weight is 317 g/mol. The van der Waals surface area contributed by atoms with E-state index in [1.54, 1.807) is 19.5 Å². The van der Waals surface area contributed by atoms with Crippen LogP contribution in [-0.4, -0.2) is 28.6 Å². The van der Waals surface area contributed by atoms with Gasteiger partial charge in [-0.25, -0.2) is 0 Å². The molecule has 0 spiro atoms. The van der Waals surface area contributed by atoms with E-state index in [9.17, 15) is 0 Å². The summed E-state index contributed by atoms with van der Waals surface area (Å²) in [5, 5.41) is 0. The molecule has 0 saturated heterocycles. The first kappa shape index (κ1) is 16.1. The van der Waals surface area contributed by atoms with Crippen molar-refractivity contribution in [1.29, 1.82) is 0 Å². The van der Waals surface area contributed by atoms with Crippen LogP contribution in [0.1, 0.15) is 5.69 Å². The molecule has 0 saturated carbocycles. The third kappa shape index (κ3) is 3.00. The number of rotatable bonds is 4. The monoisotopic (exact) mass is 316 g/mol. The number of ether oxygens (including phenoxy) is 1. The van der Waals surface area contributed by atoms with Gasteiger partial charge in [-0.2, -0.15) is 0 Å². The number of nitrogens with zero attached hydrogens (tertiary/aromatic N) is 3. The Bertz CT molecular complexity index is 762. The lowest BCUT2D eigenvalue weighted by Gasteiger charge is -2.08. The van der Waals surface area contributed by atoms with Crippen molar-refractivity contribution in [3.63, 3.8) is 0 Å². The molecule has 114 valence electrons. The minimum Gasteiger partial charge on any atom is -0.494 e. The molecule has 0 atom stereocenters. The molecule has 0 fully saturated rings. The van der Waals surface area contributed by atoms with Crippen LogP contribution >= 0.6 is 12.4 Å². The summed E-state index contributed by atoms with van der Waals surface area (Å²) in [7, 11) is 1.63. The third-order valence-electron chi connectivity index (χ3n) is 3.34. The number of pyridine rings is 3. The van der Waals surface area contributed by atoms with Crippen molar-refractivity contribution in [3.05, 3.63) is 48.5 Å². The van der Waals surface area contributed by atoms with E-state index in [1.165, 1.54) is 0 Å². The maximum atomic E-state index is 5.54. The predicted octanol–water partition coefficient (Wildman–Crippen LogP) is 2.62. The van der Waals surface area contributed by atoms with Crippen molar-refractivity contribution < 1.29 is 4.74 Å². The molecule has 0 aliphatic carbocycles. The van der Waals surface area contributed by atoms with E-state index in [1.807, 2.05) is 30.5 Å². The van der Waals surface area contributed by atoms with Gasteiger partial charge in [0.1, 0.15) is 16.8 Å². The zero-order chi connectivity index (χ0) is 14.7. The van der Waals surface area contributed by atoms with Crippen LogP contribution in [0.15, 0.2) is 42.9 Å². The van der Waals surface area contributed by atoms with Crippen molar-refractivity contribution in [2.24, 2.45) is 5.73 Å². The molecule has 3 aromatic heterocycles. The largest absolute Gasteiger partial charge is 0.494 e. The first-order chi connectivity index (χ1) is 10.3. The molecule has 0 aromatic carbocycles. The van der Waals surface area contributed by atoms with Crippen molar-refractivity contribution in [2.75, 3.05) is 13.7 Å². The quantitative estimate of drug-likeness (QED) is 0.801. The molecule has 22 heavy (non-hydrogen) atoms. The minimum atomic E-state index is 0. The van der Waals surface area contributed by atoms with Crippen LogP contribution in [0.5, 0.6) is 5.75 Å². The normalized spacial score (nSPS) is 10.3. The van der Waals surface area contributed by atoms with Crippen LogP contribution in [0.4, 0.5) is 0 Å². The van der Waals surface area contributed by atoms with Crippen molar-refractivity contribution in [1.82, 2.24) is 15.0 Å². The Labute approximate surface area is 135 Å². The van der Waals surface area contributed by atoms with Gasteiger partial charge in [0.25, 0.3) is 0 Å². The van der Waals surface area contributed by atoms with Gasteiger partial charge in [-0.05, 0) is 18.7 Å². The van der Waals surface area contributed by atoms with Crippen LogP contribution in [0.3, 0.4) is 0 Å². The summed E-state index contributed by atoms with van der Waals surface area (Å²) in [6, 6.07) is 7.78. The number of hydrogen-bond donors (Lipinski definition) is 1. The number of hydrogen-bond acceptors (Lipinski definition) is 5. The van der Waals surface area contributed by atoms with Gasteiger partial charge in [-0.3, -0.25) is 15.0 Å². The van der Waals surface area contributed by atoms with E-state index in [4.69, 9.17) is 10.5 Å². The number of aromatic nitrogens is 3. The molecule has 0 bridgehead atoms. The molecular weight excluding hydrogens is 300 g/mol. The Morgan fingerprint density at radius 3 is 2.45 bits per heavy atom. The summed E-state index contributed by atoms with van der Waals surface area (Å²) in [5.74, 6) is 0.717. The van der Waals surface area contributed by atoms with Gasteiger partial charge in [0.2, 0.25) is 0 Å². The Morgan fingerprint density at radius 1 is 1.00 bits per heavy atom. The van der Waals surface area contributed by atoms with Crippen LogP contribution in [0.25, 0.3) is 22.2 Å². The second-order valence-electron chi connectivity index (χ2n) is 4.65. The molecular formula is C16H17ClN4O. The van der Waals surface area contributed by atoms with Gasteiger partial charge in [0.15, 0.2) is 0 Å². The van der Waals surface area contributed by atoms with Gasteiger partial charge in [-0.15, -0.1) is 12.4 Å². The van der Waals surface area contributed by atoms with E-state index in [2.05, 4.69) is 15.0 Å². The fourth-order valence-corrected chi connectivity index (χ4v) is 2.30. The standard InChI is InChI=1S/C16H16N4O.ClH/c1-21-14-6-9-18-15-13(5-8-19-16(14)15)11-2-3-12(4-7-17)20-10-11;/h2-3,5-6,8-10H,4,7,17H2,1H3;1H. The molecule has 0 amide bonds. The Kier molecular flexibility index (Phi) is 5.25. The first-order valence-corrected chi connectivity index (χ1v) is 6.76. The van der Waals surface area contributed by atoms with Gasteiger partial charge in [-0.1, -0.05) is 6.07 Å². The summed E-state index contributed by atoms with van der Waals surface area (Å²) in [4.78, 5) is 13.2. The molecule has 3 heterocycles. The highest BCUT2D eigenvalue weighted by molar-refractivity contribution is 5.93. The van der Waals surface area contributed by atoms with E-state index in [0.717, 1.165) is 40.0 Å². The maximum absolute atomic E-state index is 5.54. The van der Waals surface area contributed by atoms with E-state index < -0.39 is 0 Å². The lowest BCUT2D eigenvalue weighted by Crippen LogP contribution is -2.04. The van der Waals surface area contributed by atoms with Crippen molar-refractivity contribution in [2.45, 2.75) is 6.42 Å². The fourth-order valence-electron chi connectivity index (χ4n) is 2.30. The Balaban J connectivity index is 0.00000176. The SMILES string of the molecule is COc1ccnc2c(-c3ccc(CCN)nc3)ccnc12.Cl. The van der Waals surface area contributed by atoms with E-state index in [0.29, 0.717) is 6.54 Å². The average Bonchev–Trinajstić information content (AvgIpc) is 2.55. The molecule has 6 heteroatoms. The van der Waals surface area contributed by atoms with Gasteiger partial charge in [0, 0.05) is 47.9 Å². The lowest BCUT2D eigenvalue weighted by atomic mass is 10.1. The molecule has 3 rings (SSSR count). The summed E-state index contributed by atoms with van der Waals surface area (Å²) < 4.78 is 5.34. The summed E-state index contributed by atoms with van der Waals surface area (Å²) in [5.41, 5.74) is 10.1. The number of nitrogens with two attached hydrogens (primary N) is 1. The first-order valence-electron chi connectivity index (χ1n) is 6.76. The van der Waals surface area contributed by atoms with Crippen LogP contribution in [-0.2, 0) is 6.42 Å². The lowest BCUT2D eigenvalue weighted by molar-refractivity contribution is 0.418. The fraction of sp³-hybridized carbons (Fsp3) is 0.188. The molecule has 0 aliphatic heterocycles. The Hall–Kier alpha value is -2.24. The molecule has 0 unspecified atom stereocenters. The second-order valence-corrected chi connectivity index (χ2v) is 4.65. The van der Waals surface area contributed by atoms with Crippen molar-refractivity contribution in [3.8, 4) is 16.9 Å². The molecule has 0 radical (unpaired) electrons. The maximum Gasteiger partial charge on any atom is 0.148 e. The minimum absolute atomic E-state index is 0. The van der Waals surface area contributed by atoms with Crippen molar-refractivity contribution >= 4 is 23.4 Å². The second kappa shape index (κ2) is 7.15. The smallest absolute Gasteiger partial charge is 0.148 e. The number of halogens is 1. The molecule has 0 aliphatic rings. The summed E-state index contributed by atoms with van der Waals surface area (Å²) >= 11 is 0. The summed E-state index contributed by atoms with van der Waals surface area (Å²) in [6.07, 6.45) is 6.11. The van der Waals surface area contributed by atoms with E-state index in [-0.39, 0.29) is 12.4 Å². The molecule has 3 aromatic rings. The zero-order valence-corrected chi connectivity index (χ0v) is 13.0. The number of methoxy groups -OCH3 is 1. The van der Waals surface area contributed by atoms with E-state index >= 15 is 0 Å². The topological polar surface area (TPSA) is 73.9 Å². The van der Waals surface area contributed by atoms with Crippen LogP contribution < -0.4 is 10.5 Å². The summed E-state index contributed by atoms with van der Waals surface area (Å²) in [6.45, 7) is 0.600. The highest BCUT2D eigenvalue weighted by atomic mass is 35.5. The van der Waals surface area contributed by atoms with Gasteiger partial charge >= 0.3 is 0 Å². The Morgan fingerprint density at radius 2 is 1.77 bits per heavy atom. The third-order valence-corrected chi connectivity index (χ3v) is 3.34. The highest BCUT2D eigenvalue weighted by Crippen LogP contribution is 2.29. The van der Waals surface area contributed by atoms with Gasteiger partial charge < -0.3 is 10.5 Å². The molecule has 2 N–H and O–H groups in total. The predicted molar refractivity (Wildman–Crippen MR) is 89.3 cm³/mol.